The van der Waals surface area contributed by atoms with Gasteiger partial charge in [-0.05, 0) is 80.0 Å². The number of carbonyl (C=O) groups excluding carboxylic acids is 1. The highest BCUT2D eigenvalue weighted by Crippen LogP contribution is 2.26. The maximum absolute atomic E-state index is 12.6. The van der Waals surface area contributed by atoms with Crippen LogP contribution in [0.2, 0.25) is 5.02 Å². The number of rotatable bonds is 5. The van der Waals surface area contributed by atoms with Gasteiger partial charge in [0.05, 0.1) is 11.4 Å². The summed E-state index contributed by atoms with van der Waals surface area (Å²) in [6.45, 7) is 6.06. The molecule has 2 aromatic carbocycles. The fourth-order valence-electron chi connectivity index (χ4n) is 2.53. The SMILES string of the molecule is Cc1cc(C)c(C(=O)CSc2nn(-c3ccc(Cl)cc3)c(=S)s2)cc1C. The predicted molar refractivity (Wildman–Crippen MR) is 113 cm³/mol. The van der Waals surface area contributed by atoms with Crippen LogP contribution in [0.1, 0.15) is 27.0 Å². The molecule has 26 heavy (non-hydrogen) atoms. The van der Waals surface area contributed by atoms with E-state index in [0.717, 1.165) is 26.7 Å². The Balaban J connectivity index is 1.75. The molecular formula is C19H17ClN2OS3. The zero-order chi connectivity index (χ0) is 18.8. The average Bonchev–Trinajstić information content (AvgIpc) is 2.97. The highest BCUT2D eigenvalue weighted by Gasteiger charge is 2.13. The highest BCUT2D eigenvalue weighted by molar-refractivity contribution is 8.01. The number of nitrogens with zero attached hydrogens (tertiary/aromatic N) is 2. The monoisotopic (exact) mass is 420 g/mol. The Hall–Kier alpha value is -1.47. The van der Waals surface area contributed by atoms with Crippen molar-refractivity contribution in [3.63, 3.8) is 0 Å². The summed E-state index contributed by atoms with van der Waals surface area (Å²) in [5, 5.41) is 5.19. The summed E-state index contributed by atoms with van der Waals surface area (Å²) >= 11 is 14.2. The molecule has 0 aliphatic carbocycles. The van der Waals surface area contributed by atoms with E-state index in [1.165, 1.54) is 28.7 Å². The molecule has 3 nitrogen and oxygen atoms in total. The minimum absolute atomic E-state index is 0.106. The van der Waals surface area contributed by atoms with Gasteiger partial charge in [0, 0.05) is 10.6 Å². The molecule has 0 N–H and O–H groups in total. The smallest absolute Gasteiger partial charge is 0.184 e. The number of aryl methyl sites for hydroxylation is 3. The molecule has 0 fully saturated rings. The van der Waals surface area contributed by atoms with Crippen LogP contribution in [0.4, 0.5) is 0 Å². The Morgan fingerprint density at radius 1 is 1.15 bits per heavy atom. The number of hydrogen-bond donors (Lipinski definition) is 0. The molecule has 1 aromatic heterocycles. The van der Waals surface area contributed by atoms with Crippen molar-refractivity contribution >= 4 is 52.7 Å². The normalized spacial score (nSPS) is 10.9. The second-order valence-corrected chi connectivity index (χ2v) is 9.27. The summed E-state index contributed by atoms with van der Waals surface area (Å²) in [5.74, 6) is 0.446. The summed E-state index contributed by atoms with van der Waals surface area (Å²) in [4.78, 5) is 12.6. The second-order valence-electron chi connectivity index (χ2n) is 5.99. The summed E-state index contributed by atoms with van der Waals surface area (Å²) in [7, 11) is 0. The molecule has 0 atom stereocenters. The second kappa shape index (κ2) is 8.05. The number of benzene rings is 2. The molecule has 0 aliphatic heterocycles. The maximum Gasteiger partial charge on any atom is 0.184 e. The van der Waals surface area contributed by atoms with Crippen molar-refractivity contribution in [2.24, 2.45) is 0 Å². The van der Waals surface area contributed by atoms with Crippen molar-refractivity contribution in [3.8, 4) is 5.69 Å². The number of Topliss-reactive ketones (excluding diaryl/α,β-unsaturated/α-hetero) is 1. The molecule has 0 bridgehead atoms. The highest BCUT2D eigenvalue weighted by atomic mass is 35.5. The minimum atomic E-state index is 0.106. The van der Waals surface area contributed by atoms with Crippen LogP contribution >= 0.6 is 46.9 Å². The number of hydrogen-bond acceptors (Lipinski definition) is 5. The zero-order valence-electron chi connectivity index (χ0n) is 14.6. The first kappa shape index (κ1) is 19.3. The van der Waals surface area contributed by atoms with Crippen molar-refractivity contribution in [3.05, 3.63) is 67.6 Å². The Bertz CT molecular complexity index is 1020. The van der Waals surface area contributed by atoms with Gasteiger partial charge in [0.25, 0.3) is 0 Å². The molecule has 3 aromatic rings. The van der Waals surface area contributed by atoms with Gasteiger partial charge in [-0.25, -0.2) is 4.68 Å². The molecular weight excluding hydrogens is 404 g/mol. The molecule has 0 aliphatic rings. The van der Waals surface area contributed by atoms with E-state index in [-0.39, 0.29) is 5.78 Å². The third kappa shape index (κ3) is 4.26. The summed E-state index contributed by atoms with van der Waals surface area (Å²) in [5.41, 5.74) is 4.98. The van der Waals surface area contributed by atoms with Crippen LogP contribution in [0.15, 0.2) is 40.7 Å². The average molecular weight is 421 g/mol. The third-order valence-corrected chi connectivity index (χ3v) is 6.69. The number of ketones is 1. The van der Waals surface area contributed by atoms with Gasteiger partial charge in [-0.3, -0.25) is 4.79 Å². The maximum atomic E-state index is 12.6. The van der Waals surface area contributed by atoms with Crippen molar-refractivity contribution in [2.75, 3.05) is 5.75 Å². The minimum Gasteiger partial charge on any atom is -0.293 e. The largest absolute Gasteiger partial charge is 0.293 e. The van der Waals surface area contributed by atoms with E-state index >= 15 is 0 Å². The Morgan fingerprint density at radius 2 is 1.81 bits per heavy atom. The van der Waals surface area contributed by atoms with E-state index in [1.807, 2.05) is 32.0 Å². The van der Waals surface area contributed by atoms with E-state index in [1.54, 1.807) is 16.8 Å². The van der Waals surface area contributed by atoms with Crippen LogP contribution in [0.25, 0.3) is 5.69 Å². The molecule has 134 valence electrons. The third-order valence-electron chi connectivity index (χ3n) is 4.07. The number of thioether (sulfide) groups is 1. The van der Waals surface area contributed by atoms with Gasteiger partial charge in [-0.1, -0.05) is 40.8 Å². The molecule has 0 spiro atoms. The van der Waals surface area contributed by atoms with Gasteiger partial charge in [0.2, 0.25) is 0 Å². The van der Waals surface area contributed by atoms with E-state index in [0.29, 0.717) is 14.7 Å². The molecule has 0 amide bonds. The van der Waals surface area contributed by atoms with Crippen LogP contribution in [-0.4, -0.2) is 21.3 Å². The Kier molecular flexibility index (Phi) is 5.97. The van der Waals surface area contributed by atoms with Crippen LogP contribution in [-0.2, 0) is 0 Å². The fraction of sp³-hybridized carbons (Fsp3) is 0.211. The van der Waals surface area contributed by atoms with Gasteiger partial charge in [0.15, 0.2) is 14.1 Å². The molecule has 0 saturated carbocycles. The van der Waals surface area contributed by atoms with Crippen molar-refractivity contribution < 1.29 is 4.79 Å². The van der Waals surface area contributed by atoms with Gasteiger partial charge in [0.1, 0.15) is 0 Å². The summed E-state index contributed by atoms with van der Waals surface area (Å²) < 4.78 is 3.12. The van der Waals surface area contributed by atoms with E-state index < -0.39 is 0 Å². The fourth-order valence-corrected chi connectivity index (χ4v) is 4.90. The molecule has 3 rings (SSSR count). The number of carbonyl (C=O) groups is 1. The van der Waals surface area contributed by atoms with E-state index in [2.05, 4.69) is 18.1 Å². The lowest BCUT2D eigenvalue weighted by Crippen LogP contribution is -2.06. The molecule has 0 saturated heterocycles. The first-order valence-electron chi connectivity index (χ1n) is 7.95. The quantitative estimate of drug-likeness (QED) is 0.279. The van der Waals surface area contributed by atoms with Gasteiger partial charge in [-0.2, -0.15) is 0 Å². The topological polar surface area (TPSA) is 34.9 Å². The molecule has 7 heteroatoms. The van der Waals surface area contributed by atoms with Crippen LogP contribution < -0.4 is 0 Å². The van der Waals surface area contributed by atoms with Crippen molar-refractivity contribution in [1.29, 1.82) is 0 Å². The van der Waals surface area contributed by atoms with Gasteiger partial charge >= 0.3 is 0 Å². The lowest BCUT2D eigenvalue weighted by atomic mass is 9.99. The Morgan fingerprint density at radius 3 is 2.50 bits per heavy atom. The molecule has 0 unspecified atom stereocenters. The first-order chi connectivity index (χ1) is 12.3. The van der Waals surface area contributed by atoms with Crippen LogP contribution in [0.5, 0.6) is 0 Å². The molecule has 1 heterocycles. The number of aromatic nitrogens is 2. The predicted octanol–water partition coefficient (Wildman–Crippen LogP) is 6.22. The summed E-state index contributed by atoms with van der Waals surface area (Å²) in [6, 6.07) is 11.4. The molecule has 0 radical (unpaired) electrons. The zero-order valence-corrected chi connectivity index (χ0v) is 17.8. The van der Waals surface area contributed by atoms with E-state index in [9.17, 15) is 4.79 Å². The van der Waals surface area contributed by atoms with Crippen LogP contribution in [0.3, 0.4) is 0 Å². The van der Waals surface area contributed by atoms with Crippen LogP contribution in [0, 0.1) is 24.7 Å². The number of halogens is 1. The van der Waals surface area contributed by atoms with Gasteiger partial charge < -0.3 is 0 Å². The van der Waals surface area contributed by atoms with Gasteiger partial charge in [-0.15, -0.1) is 5.10 Å². The first-order valence-corrected chi connectivity index (χ1v) is 10.5. The lowest BCUT2D eigenvalue weighted by molar-refractivity contribution is 0.102. The van der Waals surface area contributed by atoms with Crippen molar-refractivity contribution in [1.82, 2.24) is 9.78 Å². The standard InChI is InChI=1S/C19H17ClN2OS3/c1-11-8-13(3)16(9-12(11)2)17(23)10-25-18-21-22(19(24)26-18)15-6-4-14(20)5-7-15/h4-9H,10H2,1-3H3. The van der Waals surface area contributed by atoms with E-state index in [4.69, 9.17) is 23.8 Å². The summed E-state index contributed by atoms with van der Waals surface area (Å²) in [6.07, 6.45) is 0. The Labute approximate surface area is 171 Å². The lowest BCUT2D eigenvalue weighted by Gasteiger charge is -2.08. The van der Waals surface area contributed by atoms with Crippen molar-refractivity contribution in [2.45, 2.75) is 25.1 Å².